The first-order chi connectivity index (χ1) is 4.61. The summed E-state index contributed by atoms with van der Waals surface area (Å²) < 4.78 is 35.2. The molecule has 4 heteroatoms. The molecule has 0 atom stereocenters. The molecule has 0 aromatic rings. The van der Waals surface area contributed by atoms with Crippen molar-refractivity contribution >= 4 is 6.21 Å². The second-order valence-corrected chi connectivity index (χ2v) is 1.74. The van der Waals surface area contributed by atoms with Gasteiger partial charge in [-0.3, -0.25) is 0 Å². The Morgan fingerprint density at radius 3 is 2.30 bits per heavy atom. The minimum atomic E-state index is -4.27. The van der Waals surface area contributed by atoms with Crippen molar-refractivity contribution in [3.8, 4) is 0 Å². The lowest BCUT2D eigenvalue weighted by Crippen LogP contribution is -2.15. The normalized spacial score (nSPS) is 17.3. The van der Waals surface area contributed by atoms with E-state index in [1.807, 2.05) is 0 Å². The van der Waals surface area contributed by atoms with E-state index in [-0.39, 0.29) is 0 Å². The van der Waals surface area contributed by atoms with Crippen LogP contribution >= 0.6 is 0 Å². The van der Waals surface area contributed by atoms with Crippen LogP contribution < -0.4 is 4.99 Å². The minimum absolute atomic E-state index is 0.713. The standard InChI is InChI=1S/C6H4F3N/c7-6(8,9)5-2-1-3-10-4-5/h1-4H/q+1. The van der Waals surface area contributed by atoms with Gasteiger partial charge in [0.25, 0.3) is 6.21 Å². The summed E-state index contributed by atoms with van der Waals surface area (Å²) in [7, 11) is 0. The van der Waals surface area contributed by atoms with Gasteiger partial charge in [-0.25, -0.2) is 0 Å². The number of halogens is 3. The molecule has 1 radical (unpaired) electrons. The molecular formula is C6H4F3N+. The van der Waals surface area contributed by atoms with Crippen molar-refractivity contribution in [1.82, 2.24) is 4.99 Å². The molecule has 0 unspecified atom stereocenters. The van der Waals surface area contributed by atoms with Crippen LogP contribution in [0.1, 0.15) is 0 Å². The largest absolute Gasteiger partial charge is 0.422 e. The summed E-state index contributed by atoms with van der Waals surface area (Å²) >= 11 is 0. The molecule has 1 aliphatic rings. The van der Waals surface area contributed by atoms with Crippen molar-refractivity contribution in [2.75, 3.05) is 0 Å². The van der Waals surface area contributed by atoms with Crippen LogP contribution in [0, 0.1) is 0 Å². The van der Waals surface area contributed by atoms with Crippen LogP contribution in [0.3, 0.4) is 0 Å². The summed E-state index contributed by atoms with van der Waals surface area (Å²) in [5, 5.41) is 0. The summed E-state index contributed by atoms with van der Waals surface area (Å²) in [6, 6.07) is 0. The van der Waals surface area contributed by atoms with Crippen molar-refractivity contribution in [1.29, 1.82) is 0 Å². The molecule has 1 nitrogen and oxygen atoms in total. The lowest BCUT2D eigenvalue weighted by Gasteiger charge is -2.01. The maximum atomic E-state index is 11.7. The number of rotatable bonds is 0. The van der Waals surface area contributed by atoms with Crippen molar-refractivity contribution in [3.63, 3.8) is 0 Å². The third-order valence-electron chi connectivity index (χ3n) is 0.989. The lowest BCUT2D eigenvalue weighted by molar-refractivity contribution is -0.0856. The molecule has 10 heavy (non-hydrogen) atoms. The first kappa shape index (κ1) is 7.05. The average molecular weight is 147 g/mol. The highest BCUT2D eigenvalue weighted by molar-refractivity contribution is 5.81. The monoisotopic (exact) mass is 147 g/mol. The van der Waals surface area contributed by atoms with Crippen molar-refractivity contribution in [2.24, 2.45) is 0 Å². The average Bonchev–Trinajstić information content (AvgIpc) is 1.88. The Hall–Kier alpha value is -1.06. The van der Waals surface area contributed by atoms with Gasteiger partial charge in [0.1, 0.15) is 5.57 Å². The Morgan fingerprint density at radius 2 is 2.00 bits per heavy atom. The summed E-state index contributed by atoms with van der Waals surface area (Å²) in [6.45, 7) is 0. The Morgan fingerprint density at radius 1 is 1.30 bits per heavy atom. The Balaban J connectivity index is 2.85. The van der Waals surface area contributed by atoms with Gasteiger partial charge in [0.15, 0.2) is 0 Å². The molecule has 0 aromatic heterocycles. The van der Waals surface area contributed by atoms with Gasteiger partial charge >= 0.3 is 6.18 Å². The zero-order chi connectivity index (χ0) is 7.61. The van der Waals surface area contributed by atoms with E-state index in [0.29, 0.717) is 0 Å². The third kappa shape index (κ3) is 1.46. The smallest absolute Gasteiger partial charge is 0.166 e. The zero-order valence-corrected chi connectivity index (χ0v) is 4.89. The molecule has 0 fully saturated rings. The summed E-state index contributed by atoms with van der Waals surface area (Å²) in [5.74, 6) is 0. The van der Waals surface area contributed by atoms with Gasteiger partial charge in [-0.15, -0.1) is 0 Å². The predicted octanol–water partition coefficient (Wildman–Crippen LogP) is 1.41. The molecule has 0 saturated heterocycles. The van der Waals surface area contributed by atoms with Crippen LogP contribution in [-0.4, -0.2) is 12.4 Å². The molecule has 0 spiro atoms. The summed E-state index contributed by atoms with van der Waals surface area (Å²) in [5.41, 5.74) is -0.713. The van der Waals surface area contributed by atoms with Crippen molar-refractivity contribution in [3.05, 3.63) is 23.9 Å². The fraction of sp³-hybridized carbons (Fsp3) is 0.167. The van der Waals surface area contributed by atoms with Gasteiger partial charge in [-0.1, -0.05) is 0 Å². The van der Waals surface area contributed by atoms with Crippen LogP contribution in [0.25, 0.3) is 0 Å². The van der Waals surface area contributed by atoms with E-state index in [9.17, 15) is 13.2 Å². The lowest BCUT2D eigenvalue weighted by atomic mass is 10.2. The Labute approximate surface area is 55.6 Å². The van der Waals surface area contributed by atoms with Crippen LogP contribution in [0.2, 0.25) is 0 Å². The molecule has 0 aromatic carbocycles. The van der Waals surface area contributed by atoms with Crippen molar-refractivity contribution < 1.29 is 13.2 Å². The highest BCUT2D eigenvalue weighted by Crippen LogP contribution is 2.24. The minimum Gasteiger partial charge on any atom is -0.166 e. The maximum Gasteiger partial charge on any atom is 0.422 e. The van der Waals surface area contributed by atoms with Gasteiger partial charge in [0.2, 0.25) is 6.20 Å². The third-order valence-corrected chi connectivity index (χ3v) is 0.989. The topological polar surface area (TPSA) is 14.1 Å². The fourth-order valence-corrected chi connectivity index (χ4v) is 0.530. The van der Waals surface area contributed by atoms with Gasteiger partial charge in [-0.05, 0) is 6.08 Å². The Bertz CT molecular complexity index is 210. The number of nitrogens with zero attached hydrogens (tertiary/aromatic N) is 1. The molecule has 53 valence electrons. The molecule has 1 rings (SSSR count). The van der Waals surface area contributed by atoms with Crippen molar-refractivity contribution in [2.45, 2.75) is 6.18 Å². The number of hydrogen-bond acceptors (Lipinski definition) is 1. The molecular weight excluding hydrogens is 143 g/mol. The van der Waals surface area contributed by atoms with Gasteiger partial charge in [-0.2, -0.15) is 13.2 Å². The number of hydrogen-bond donors (Lipinski definition) is 0. The summed E-state index contributed by atoms with van der Waals surface area (Å²) in [6.07, 6.45) is 0.0549. The first-order valence-corrected chi connectivity index (χ1v) is 2.58. The zero-order valence-electron chi connectivity index (χ0n) is 4.89. The van der Waals surface area contributed by atoms with E-state index in [1.165, 1.54) is 12.3 Å². The fourth-order valence-electron chi connectivity index (χ4n) is 0.530. The molecule has 0 N–H and O–H groups in total. The van der Waals surface area contributed by atoms with Crippen LogP contribution in [0.5, 0.6) is 0 Å². The summed E-state index contributed by atoms with van der Waals surface area (Å²) in [4.78, 5) is 3.33. The van der Waals surface area contributed by atoms with Gasteiger partial charge < -0.3 is 0 Å². The number of aliphatic imine (C=N–C) groups is 1. The molecule has 0 amide bonds. The van der Waals surface area contributed by atoms with Crippen LogP contribution in [-0.2, 0) is 0 Å². The SMILES string of the molecule is FC(F)(F)C1=CC=C[N+]=C1. The van der Waals surface area contributed by atoms with E-state index >= 15 is 0 Å². The van der Waals surface area contributed by atoms with E-state index in [0.717, 1.165) is 12.3 Å². The van der Waals surface area contributed by atoms with E-state index in [2.05, 4.69) is 4.99 Å². The highest BCUT2D eigenvalue weighted by atomic mass is 19.4. The maximum absolute atomic E-state index is 11.7. The molecule has 1 aliphatic heterocycles. The van der Waals surface area contributed by atoms with Crippen LogP contribution in [0.15, 0.2) is 23.9 Å². The highest BCUT2D eigenvalue weighted by Gasteiger charge is 2.35. The van der Waals surface area contributed by atoms with Gasteiger partial charge in [0, 0.05) is 6.08 Å². The predicted molar refractivity (Wildman–Crippen MR) is 31.5 cm³/mol. The first-order valence-electron chi connectivity index (χ1n) is 2.58. The number of allylic oxidation sites excluding steroid dienone is 3. The second-order valence-electron chi connectivity index (χ2n) is 1.74. The molecule has 0 saturated carbocycles. The second kappa shape index (κ2) is 2.28. The van der Waals surface area contributed by atoms with Gasteiger partial charge in [0.05, 0.1) is 4.99 Å². The molecule has 0 aliphatic carbocycles. The van der Waals surface area contributed by atoms with E-state index < -0.39 is 11.7 Å². The van der Waals surface area contributed by atoms with E-state index in [1.54, 1.807) is 0 Å². The quantitative estimate of drug-likeness (QED) is 0.491. The van der Waals surface area contributed by atoms with Crippen LogP contribution in [0.4, 0.5) is 13.2 Å². The molecule has 1 heterocycles. The number of alkyl halides is 3. The Kier molecular flexibility index (Phi) is 1.61. The van der Waals surface area contributed by atoms with E-state index in [4.69, 9.17) is 0 Å². The molecule has 0 bridgehead atoms.